The molecule has 0 spiro atoms. The van der Waals surface area contributed by atoms with E-state index in [1.54, 1.807) is 6.07 Å². The van der Waals surface area contributed by atoms with Gasteiger partial charge in [-0.05, 0) is 104 Å². The average Bonchev–Trinajstić information content (AvgIpc) is 2.62. The molecule has 0 radical (unpaired) electrons. The summed E-state index contributed by atoms with van der Waals surface area (Å²) in [4.78, 5) is 24.5. The fraction of sp³-hybridized carbons (Fsp3) is 0.176. The number of amides is 1. The van der Waals surface area contributed by atoms with E-state index in [0.717, 1.165) is 22.8 Å². The van der Waals surface area contributed by atoms with Crippen LogP contribution in [0.4, 0.5) is 18.9 Å². The highest BCUT2D eigenvalue weighted by molar-refractivity contribution is 14.1. The Morgan fingerprint density at radius 2 is 1.68 bits per heavy atom. The van der Waals surface area contributed by atoms with Crippen molar-refractivity contribution in [3.8, 4) is 0 Å². The molecule has 2 aromatic rings. The molecule has 2 rings (SSSR count). The number of benzene rings is 2. The molecule has 0 saturated carbocycles. The Morgan fingerprint density at radius 3 is 2.19 bits per heavy atom. The number of rotatable bonds is 6. The number of hydrogen-bond acceptors (Lipinski definition) is 5. The predicted octanol–water partition coefficient (Wildman–Crippen LogP) is 4.73. The van der Waals surface area contributed by atoms with E-state index in [-0.39, 0.29) is 11.3 Å². The third kappa shape index (κ3) is 7.97. The first-order valence-corrected chi connectivity index (χ1v) is 12.8. The molecule has 14 heteroatoms. The number of carbonyl (C=O) groups is 2. The minimum atomic E-state index is -5.19. The van der Waals surface area contributed by atoms with Crippen LogP contribution in [0.15, 0.2) is 36.4 Å². The molecule has 31 heavy (non-hydrogen) atoms. The lowest BCUT2D eigenvalue weighted by Crippen LogP contribution is -2.39. The van der Waals surface area contributed by atoms with Crippen molar-refractivity contribution in [1.29, 1.82) is 0 Å². The molecule has 1 unspecified atom stereocenters. The number of anilines is 1. The second-order valence-electron chi connectivity index (χ2n) is 5.96. The van der Waals surface area contributed by atoms with Crippen molar-refractivity contribution in [1.82, 2.24) is 0 Å². The van der Waals surface area contributed by atoms with Gasteiger partial charge in [-0.25, -0.2) is 4.79 Å². The maximum atomic E-state index is 12.9. The highest BCUT2D eigenvalue weighted by Crippen LogP contribution is 2.26. The zero-order valence-electron chi connectivity index (χ0n) is 14.9. The van der Waals surface area contributed by atoms with Crippen LogP contribution in [0.2, 0.25) is 0 Å². The Morgan fingerprint density at radius 1 is 1.10 bits per heavy atom. The lowest BCUT2D eigenvalue weighted by atomic mass is 10.2. The van der Waals surface area contributed by atoms with Crippen LogP contribution in [-0.4, -0.2) is 42.9 Å². The number of halogens is 6. The summed E-state index contributed by atoms with van der Waals surface area (Å²) in [6.07, 6.45) is -8.22. The number of ether oxygens (including phenoxy) is 1. The molecule has 0 heterocycles. The molecular weight excluding hydrogens is 784 g/mol. The van der Waals surface area contributed by atoms with Crippen molar-refractivity contribution < 1.29 is 40.5 Å². The zero-order chi connectivity index (χ0) is 23.6. The van der Waals surface area contributed by atoms with E-state index in [0.29, 0.717) is 5.56 Å². The van der Waals surface area contributed by atoms with E-state index in [2.05, 4.69) is 55.2 Å². The quantitative estimate of drug-likeness (QED) is 0.190. The molecular formula is C17H11F3I3NO6S. The number of hydrogen-bond donors (Lipinski definition) is 2. The van der Waals surface area contributed by atoms with E-state index in [4.69, 9.17) is 4.55 Å². The first kappa shape index (κ1) is 26.5. The van der Waals surface area contributed by atoms with Crippen molar-refractivity contribution >= 4 is 95.5 Å². The SMILES string of the molecule is O=C(OC(CS(=O)(=O)O)C(F)(F)F)c1ccc(NC(=O)c2cc(I)cc(I)c2I)cc1. The molecule has 2 aromatic carbocycles. The molecule has 0 aromatic heterocycles. The van der Waals surface area contributed by atoms with Crippen LogP contribution in [-0.2, 0) is 14.9 Å². The number of esters is 1. The Kier molecular flexibility index (Phi) is 8.96. The molecule has 2 N–H and O–H groups in total. The Labute approximate surface area is 215 Å². The fourth-order valence-electron chi connectivity index (χ4n) is 2.19. The Hall–Kier alpha value is -0.730. The molecule has 0 aliphatic heterocycles. The molecule has 1 atom stereocenters. The van der Waals surface area contributed by atoms with Crippen LogP contribution in [0, 0.1) is 10.7 Å². The second kappa shape index (κ2) is 10.5. The van der Waals surface area contributed by atoms with Crippen LogP contribution in [0.1, 0.15) is 20.7 Å². The minimum absolute atomic E-state index is 0.275. The largest absolute Gasteiger partial charge is 0.448 e. The van der Waals surface area contributed by atoms with Gasteiger partial charge in [0.2, 0.25) is 6.10 Å². The van der Waals surface area contributed by atoms with Crippen molar-refractivity contribution in [2.45, 2.75) is 12.3 Å². The van der Waals surface area contributed by atoms with E-state index >= 15 is 0 Å². The van der Waals surface area contributed by atoms with Gasteiger partial charge in [0.1, 0.15) is 5.75 Å². The summed E-state index contributed by atoms with van der Waals surface area (Å²) in [6.45, 7) is 0. The van der Waals surface area contributed by atoms with Gasteiger partial charge in [0, 0.05) is 16.4 Å². The highest BCUT2D eigenvalue weighted by Gasteiger charge is 2.45. The smallest absolute Gasteiger partial charge is 0.426 e. The van der Waals surface area contributed by atoms with Gasteiger partial charge in [0.15, 0.2) is 0 Å². The lowest BCUT2D eigenvalue weighted by Gasteiger charge is -2.19. The first-order valence-electron chi connectivity index (χ1n) is 7.96. The molecule has 168 valence electrons. The van der Waals surface area contributed by atoms with Gasteiger partial charge in [-0.1, -0.05) is 0 Å². The summed E-state index contributed by atoms with van der Waals surface area (Å²) >= 11 is 6.21. The van der Waals surface area contributed by atoms with E-state index in [1.807, 2.05) is 28.7 Å². The summed E-state index contributed by atoms with van der Waals surface area (Å²) < 4.78 is 75.5. The molecule has 1 amide bonds. The van der Waals surface area contributed by atoms with E-state index in [1.165, 1.54) is 12.1 Å². The summed E-state index contributed by atoms with van der Waals surface area (Å²) in [5, 5.41) is 2.62. The first-order chi connectivity index (χ1) is 14.2. The lowest BCUT2D eigenvalue weighted by molar-refractivity contribution is -0.197. The van der Waals surface area contributed by atoms with E-state index < -0.39 is 40.0 Å². The third-order valence-electron chi connectivity index (χ3n) is 3.59. The number of nitrogens with one attached hydrogen (secondary N) is 1. The summed E-state index contributed by atoms with van der Waals surface area (Å²) in [5.74, 6) is -3.67. The minimum Gasteiger partial charge on any atom is -0.448 e. The molecule has 0 saturated heterocycles. The van der Waals surface area contributed by atoms with Crippen LogP contribution in [0.25, 0.3) is 0 Å². The van der Waals surface area contributed by atoms with Crippen LogP contribution in [0.5, 0.6) is 0 Å². The molecule has 7 nitrogen and oxygen atoms in total. The van der Waals surface area contributed by atoms with Gasteiger partial charge in [-0.15, -0.1) is 0 Å². The summed E-state index contributed by atoms with van der Waals surface area (Å²) in [7, 11) is -5.04. The Balaban J connectivity index is 2.14. The van der Waals surface area contributed by atoms with Gasteiger partial charge >= 0.3 is 12.1 Å². The Bertz CT molecular complexity index is 1110. The zero-order valence-corrected chi connectivity index (χ0v) is 22.2. The van der Waals surface area contributed by atoms with Crippen molar-refractivity contribution in [3.63, 3.8) is 0 Å². The van der Waals surface area contributed by atoms with E-state index in [9.17, 15) is 31.2 Å². The van der Waals surface area contributed by atoms with Crippen molar-refractivity contribution in [3.05, 3.63) is 58.2 Å². The van der Waals surface area contributed by atoms with Crippen molar-refractivity contribution in [2.24, 2.45) is 0 Å². The maximum absolute atomic E-state index is 12.9. The normalized spacial score (nSPS) is 12.9. The number of carbonyl (C=O) groups excluding carboxylic acids is 2. The highest BCUT2D eigenvalue weighted by atomic mass is 127. The monoisotopic (exact) mass is 795 g/mol. The van der Waals surface area contributed by atoms with Crippen molar-refractivity contribution in [2.75, 3.05) is 11.1 Å². The van der Waals surface area contributed by atoms with Gasteiger partial charge < -0.3 is 10.1 Å². The topological polar surface area (TPSA) is 110 Å². The molecule has 0 bridgehead atoms. The molecule has 0 aliphatic carbocycles. The maximum Gasteiger partial charge on any atom is 0.426 e. The fourth-order valence-corrected chi connectivity index (χ4v) is 5.23. The summed E-state index contributed by atoms with van der Waals surface area (Å²) in [5.41, 5.74) is 0.399. The summed E-state index contributed by atoms with van der Waals surface area (Å²) in [6, 6.07) is 8.39. The molecule has 0 fully saturated rings. The van der Waals surface area contributed by atoms with Crippen LogP contribution < -0.4 is 5.32 Å². The number of alkyl halides is 3. The second-order valence-corrected chi connectivity index (χ2v) is 10.9. The molecule has 0 aliphatic rings. The van der Waals surface area contributed by atoms with Gasteiger partial charge in [-0.2, -0.15) is 21.6 Å². The van der Waals surface area contributed by atoms with Crippen LogP contribution in [0.3, 0.4) is 0 Å². The standard InChI is InChI=1S/C17H11F3I3NO6S/c18-17(19,20)13(7-31(27,28)29)30-16(26)8-1-3-10(4-2-8)24-15(25)11-5-9(21)6-12(22)14(11)23/h1-6,13H,7H2,(H,24,25)(H,27,28,29). The van der Waals surface area contributed by atoms with Gasteiger partial charge in [0.05, 0.1) is 11.1 Å². The third-order valence-corrected chi connectivity index (χ3v) is 7.98. The average molecular weight is 795 g/mol. The van der Waals surface area contributed by atoms with Crippen LogP contribution >= 0.6 is 67.8 Å². The van der Waals surface area contributed by atoms with Gasteiger partial charge in [-0.3, -0.25) is 9.35 Å². The predicted molar refractivity (Wildman–Crippen MR) is 131 cm³/mol. The van der Waals surface area contributed by atoms with Gasteiger partial charge in [0.25, 0.3) is 16.0 Å².